The van der Waals surface area contributed by atoms with Gasteiger partial charge in [-0.25, -0.2) is 0 Å². The zero-order valence-electron chi connectivity index (χ0n) is 19.4. The number of fused-ring (bicyclic) bond motifs is 1. The van der Waals surface area contributed by atoms with E-state index in [0.29, 0.717) is 26.6 Å². The van der Waals surface area contributed by atoms with Crippen molar-refractivity contribution < 1.29 is 9.53 Å². The van der Waals surface area contributed by atoms with E-state index < -0.39 is 0 Å². The van der Waals surface area contributed by atoms with Gasteiger partial charge in [0.05, 0.1) is 11.3 Å². The largest absolute Gasteiger partial charge is 0.482 e. The second kappa shape index (κ2) is 10.8. The van der Waals surface area contributed by atoms with Gasteiger partial charge >= 0.3 is 0 Å². The summed E-state index contributed by atoms with van der Waals surface area (Å²) in [7, 11) is 1.86. The number of rotatable bonds is 7. The fourth-order valence-electron chi connectivity index (χ4n) is 4.04. The van der Waals surface area contributed by atoms with Crippen LogP contribution in [0.2, 0.25) is 5.02 Å². The van der Waals surface area contributed by atoms with Gasteiger partial charge in [-0.05, 0) is 68.9 Å². The van der Waals surface area contributed by atoms with E-state index in [9.17, 15) is 10.1 Å². The molecule has 0 radical (unpaired) electrons. The van der Waals surface area contributed by atoms with Gasteiger partial charge in [-0.15, -0.1) is 21.5 Å². The lowest BCUT2D eigenvalue weighted by Crippen LogP contribution is -2.15. The van der Waals surface area contributed by atoms with Crippen molar-refractivity contribution in [1.82, 2.24) is 14.8 Å². The lowest BCUT2D eigenvalue weighted by Gasteiger charge is -2.16. The van der Waals surface area contributed by atoms with Crippen LogP contribution >= 0.6 is 34.7 Å². The minimum absolute atomic E-state index is 0.163. The first-order valence-corrected chi connectivity index (χ1v) is 13.3. The minimum atomic E-state index is -0.333. The predicted octanol–water partition coefficient (Wildman–Crippen LogP) is 5.85. The van der Waals surface area contributed by atoms with Gasteiger partial charge in [0.1, 0.15) is 16.8 Å². The molecule has 178 valence electrons. The van der Waals surface area contributed by atoms with E-state index in [1.54, 1.807) is 17.4 Å². The second-order valence-electron chi connectivity index (χ2n) is 8.29. The summed E-state index contributed by atoms with van der Waals surface area (Å²) in [5.41, 5.74) is 2.69. The number of carbonyl (C=O) groups excluding carboxylic acids is 1. The maximum absolute atomic E-state index is 12.7. The van der Waals surface area contributed by atoms with Crippen LogP contribution in [0.3, 0.4) is 0 Å². The first-order chi connectivity index (χ1) is 16.4. The van der Waals surface area contributed by atoms with Gasteiger partial charge in [-0.1, -0.05) is 29.8 Å². The highest BCUT2D eigenvalue weighted by Gasteiger charge is 2.22. The fraction of sp³-hybridized carbons (Fsp3) is 0.417. The summed E-state index contributed by atoms with van der Waals surface area (Å²) in [5.74, 6) is 1.40. The maximum Gasteiger partial charge on any atom is 0.235 e. The van der Waals surface area contributed by atoms with Crippen molar-refractivity contribution in [2.75, 3.05) is 11.1 Å². The first kappa shape index (κ1) is 24.6. The van der Waals surface area contributed by atoms with Crippen molar-refractivity contribution in [2.24, 2.45) is 7.05 Å². The molecule has 1 atom stereocenters. The number of halogens is 1. The number of amides is 1. The van der Waals surface area contributed by atoms with Gasteiger partial charge in [-0.3, -0.25) is 4.79 Å². The summed E-state index contributed by atoms with van der Waals surface area (Å²) < 4.78 is 7.89. The van der Waals surface area contributed by atoms with E-state index >= 15 is 0 Å². The smallest absolute Gasteiger partial charge is 0.235 e. The molecule has 3 aromatic rings. The van der Waals surface area contributed by atoms with Gasteiger partial charge in [-0.2, -0.15) is 5.26 Å². The molecule has 4 rings (SSSR count). The Morgan fingerprint density at radius 2 is 2.15 bits per heavy atom. The summed E-state index contributed by atoms with van der Waals surface area (Å²) in [6.07, 6.45) is 4.98. The molecule has 1 N–H and O–H groups in total. The molecule has 0 spiro atoms. The lowest BCUT2D eigenvalue weighted by atomic mass is 10.1. The molecular formula is C24H26ClN5O2S2. The summed E-state index contributed by atoms with van der Waals surface area (Å²) >= 11 is 8.87. The fourth-order valence-corrected chi connectivity index (χ4v) is 6.24. The molecule has 7 nitrogen and oxygen atoms in total. The molecule has 0 saturated carbocycles. The van der Waals surface area contributed by atoms with Crippen LogP contribution in [0.25, 0.3) is 0 Å². The maximum atomic E-state index is 12.7. The summed E-state index contributed by atoms with van der Waals surface area (Å²) in [6.45, 7) is 3.84. The number of aryl methyl sites for hydroxylation is 2. The number of thioether (sulfide) groups is 1. The topological polar surface area (TPSA) is 92.8 Å². The Kier molecular flexibility index (Phi) is 7.81. The number of hydrogen-bond donors (Lipinski definition) is 1. The Morgan fingerprint density at radius 1 is 1.35 bits per heavy atom. The van der Waals surface area contributed by atoms with Gasteiger partial charge < -0.3 is 14.6 Å². The van der Waals surface area contributed by atoms with Crippen molar-refractivity contribution in [1.29, 1.82) is 5.26 Å². The van der Waals surface area contributed by atoms with Crippen molar-refractivity contribution in [3.8, 4) is 11.8 Å². The Balaban J connectivity index is 1.38. The van der Waals surface area contributed by atoms with Crippen LogP contribution in [0.1, 0.15) is 59.7 Å². The number of nitrogens with zero attached hydrogens (tertiary/aromatic N) is 4. The quantitative estimate of drug-likeness (QED) is 0.313. The van der Waals surface area contributed by atoms with Crippen LogP contribution in [0, 0.1) is 18.3 Å². The molecule has 1 aliphatic rings. The number of thiophene rings is 1. The van der Waals surface area contributed by atoms with Gasteiger partial charge in [0.15, 0.2) is 17.1 Å². The van der Waals surface area contributed by atoms with Crippen LogP contribution in [0.15, 0.2) is 23.4 Å². The minimum Gasteiger partial charge on any atom is -0.482 e. The van der Waals surface area contributed by atoms with Crippen LogP contribution in [-0.2, 0) is 24.7 Å². The number of benzene rings is 1. The first-order valence-electron chi connectivity index (χ1n) is 11.2. The molecule has 0 aliphatic heterocycles. The van der Waals surface area contributed by atoms with E-state index in [-0.39, 0.29) is 17.8 Å². The molecule has 1 aliphatic carbocycles. The third kappa shape index (κ3) is 5.40. The van der Waals surface area contributed by atoms with E-state index in [0.717, 1.165) is 42.6 Å². The zero-order chi connectivity index (χ0) is 24.2. The highest BCUT2D eigenvalue weighted by atomic mass is 35.5. The average molecular weight is 516 g/mol. The number of nitrogens with one attached hydrogen (secondary N) is 1. The number of hydrogen-bond acceptors (Lipinski definition) is 7. The third-order valence-corrected chi connectivity index (χ3v) is 8.25. The highest BCUT2D eigenvalue weighted by molar-refractivity contribution is 7.99. The van der Waals surface area contributed by atoms with Gasteiger partial charge in [0, 0.05) is 16.9 Å². The van der Waals surface area contributed by atoms with Crippen LogP contribution in [0.5, 0.6) is 5.75 Å². The number of ether oxygens (including phenoxy) is 1. The molecule has 1 unspecified atom stereocenters. The molecule has 1 amide bonds. The van der Waals surface area contributed by atoms with Crippen molar-refractivity contribution in [2.45, 2.75) is 57.2 Å². The zero-order valence-corrected chi connectivity index (χ0v) is 21.7. The predicted molar refractivity (Wildman–Crippen MR) is 136 cm³/mol. The summed E-state index contributed by atoms with van der Waals surface area (Å²) in [6, 6.07) is 7.78. The van der Waals surface area contributed by atoms with Gasteiger partial charge in [0.25, 0.3) is 0 Å². The molecular weight excluding hydrogens is 490 g/mol. The molecule has 2 heterocycles. The molecule has 34 heavy (non-hydrogen) atoms. The molecule has 1 aromatic carbocycles. The summed E-state index contributed by atoms with van der Waals surface area (Å²) in [5, 5.41) is 23.1. The Labute approximate surface area is 212 Å². The molecule has 2 aromatic heterocycles. The molecule has 0 bridgehead atoms. The SMILES string of the molecule is Cc1cc(Cl)ccc1OC(C)c1nnc(SCC(=O)Nc2sc3c(c2C#N)CCCCC3)n1C. The van der Waals surface area contributed by atoms with E-state index in [2.05, 4.69) is 21.6 Å². The number of anilines is 1. The molecule has 0 saturated heterocycles. The van der Waals surface area contributed by atoms with Crippen LogP contribution < -0.4 is 10.1 Å². The Bertz CT molecular complexity index is 1250. The Hall–Kier alpha value is -2.54. The number of nitriles is 1. The van der Waals surface area contributed by atoms with E-state index in [1.165, 1.54) is 23.1 Å². The van der Waals surface area contributed by atoms with Crippen molar-refractivity contribution >= 4 is 45.6 Å². The normalized spacial score (nSPS) is 14.1. The van der Waals surface area contributed by atoms with Crippen LogP contribution in [-0.4, -0.2) is 26.4 Å². The molecule has 0 fully saturated rings. The number of aromatic nitrogens is 3. The van der Waals surface area contributed by atoms with Crippen molar-refractivity contribution in [3.63, 3.8) is 0 Å². The lowest BCUT2D eigenvalue weighted by molar-refractivity contribution is -0.113. The van der Waals surface area contributed by atoms with E-state index in [1.807, 2.05) is 37.6 Å². The Morgan fingerprint density at radius 3 is 2.91 bits per heavy atom. The average Bonchev–Trinajstić information content (AvgIpc) is 3.24. The standard InChI is InChI=1S/C24H26ClN5O2S2/c1-14-11-16(25)9-10-19(14)32-15(2)22-28-29-24(30(22)3)33-13-21(31)27-23-18(12-26)17-7-5-4-6-8-20(17)34-23/h9-11,15H,4-8,13H2,1-3H3,(H,27,31). The highest BCUT2D eigenvalue weighted by Crippen LogP contribution is 2.37. The number of carbonyl (C=O) groups is 1. The third-order valence-electron chi connectivity index (χ3n) is 5.79. The van der Waals surface area contributed by atoms with Crippen LogP contribution in [0.4, 0.5) is 5.00 Å². The summed E-state index contributed by atoms with van der Waals surface area (Å²) in [4.78, 5) is 13.9. The van der Waals surface area contributed by atoms with E-state index in [4.69, 9.17) is 16.3 Å². The monoisotopic (exact) mass is 515 g/mol. The molecule has 10 heteroatoms. The van der Waals surface area contributed by atoms with Gasteiger partial charge in [0.2, 0.25) is 5.91 Å². The second-order valence-corrected chi connectivity index (χ2v) is 10.8. The van der Waals surface area contributed by atoms with Crippen molar-refractivity contribution in [3.05, 3.63) is 50.6 Å².